The van der Waals surface area contributed by atoms with E-state index in [0.717, 1.165) is 0 Å². The summed E-state index contributed by atoms with van der Waals surface area (Å²) >= 11 is 0. The number of carboxylic acid groups (broad SMARTS) is 1. The van der Waals surface area contributed by atoms with Crippen LogP contribution in [0.4, 0.5) is 10.2 Å². The van der Waals surface area contributed by atoms with Gasteiger partial charge in [0, 0.05) is 11.9 Å². The summed E-state index contributed by atoms with van der Waals surface area (Å²) in [6.07, 6.45) is 2.84. The molecule has 78 valence electrons. The molecule has 1 aromatic rings. The van der Waals surface area contributed by atoms with Crippen molar-refractivity contribution in [2.75, 3.05) is 11.6 Å². The highest BCUT2D eigenvalue weighted by atomic mass is 19.2. The minimum atomic E-state index is -0.989. The van der Waals surface area contributed by atoms with E-state index in [0.29, 0.717) is 10.8 Å². The molecule has 0 saturated heterocycles. The van der Waals surface area contributed by atoms with Gasteiger partial charge in [0.05, 0.1) is 11.8 Å². The van der Waals surface area contributed by atoms with Crippen molar-refractivity contribution in [2.24, 2.45) is 0 Å². The largest absolute Gasteiger partial charge is 0.478 e. The SMILES string of the molecule is O=C(O)c1cccc(N2C=CN(F)C2)c1. The van der Waals surface area contributed by atoms with Crippen molar-refractivity contribution < 1.29 is 14.4 Å². The van der Waals surface area contributed by atoms with Crippen molar-refractivity contribution in [1.82, 2.24) is 5.12 Å². The van der Waals surface area contributed by atoms with Gasteiger partial charge in [0.15, 0.2) is 0 Å². The molecule has 5 heteroatoms. The van der Waals surface area contributed by atoms with Crippen LogP contribution in [0.5, 0.6) is 0 Å². The van der Waals surface area contributed by atoms with Gasteiger partial charge in [0.25, 0.3) is 0 Å². The number of carbonyl (C=O) groups is 1. The van der Waals surface area contributed by atoms with E-state index >= 15 is 0 Å². The number of carboxylic acids is 1. The van der Waals surface area contributed by atoms with E-state index in [-0.39, 0.29) is 12.2 Å². The van der Waals surface area contributed by atoms with Crippen LogP contribution in [-0.4, -0.2) is 22.9 Å². The Hall–Kier alpha value is -2.04. The van der Waals surface area contributed by atoms with Crippen LogP contribution in [0.3, 0.4) is 0 Å². The van der Waals surface area contributed by atoms with Crippen LogP contribution < -0.4 is 4.90 Å². The fraction of sp³-hybridized carbons (Fsp3) is 0.100. The summed E-state index contributed by atoms with van der Waals surface area (Å²) in [5, 5.41) is 9.30. The minimum Gasteiger partial charge on any atom is -0.478 e. The third-order valence-corrected chi connectivity index (χ3v) is 2.12. The van der Waals surface area contributed by atoms with Gasteiger partial charge in [0.1, 0.15) is 6.67 Å². The maximum absolute atomic E-state index is 12.7. The Kier molecular flexibility index (Phi) is 2.29. The molecule has 1 aromatic carbocycles. The molecule has 1 heterocycles. The monoisotopic (exact) mass is 208 g/mol. The van der Waals surface area contributed by atoms with Crippen LogP contribution in [0, 0.1) is 0 Å². The van der Waals surface area contributed by atoms with Gasteiger partial charge in [-0.3, -0.25) is 0 Å². The molecule has 0 unspecified atom stereocenters. The number of rotatable bonds is 2. The van der Waals surface area contributed by atoms with E-state index < -0.39 is 5.97 Å². The van der Waals surface area contributed by atoms with Gasteiger partial charge < -0.3 is 10.0 Å². The summed E-state index contributed by atoms with van der Waals surface area (Å²) in [5.74, 6) is -0.989. The van der Waals surface area contributed by atoms with E-state index in [1.54, 1.807) is 23.2 Å². The lowest BCUT2D eigenvalue weighted by molar-refractivity contribution is 0.0697. The molecule has 15 heavy (non-hydrogen) atoms. The normalized spacial score (nSPS) is 14.7. The first-order valence-electron chi connectivity index (χ1n) is 4.37. The molecule has 0 amide bonds. The standard InChI is InChI=1S/C10H9FN2O2/c11-13-5-4-12(7-13)9-3-1-2-8(6-9)10(14)15/h1-6H,7H2,(H,14,15). The summed E-state index contributed by atoms with van der Waals surface area (Å²) in [6.45, 7) is 0.0864. The van der Waals surface area contributed by atoms with Gasteiger partial charge in [-0.25, -0.2) is 4.79 Å². The first kappa shape index (κ1) is 9.51. The number of halogens is 1. The summed E-state index contributed by atoms with van der Waals surface area (Å²) in [4.78, 5) is 12.3. The Morgan fingerprint density at radius 1 is 1.40 bits per heavy atom. The maximum Gasteiger partial charge on any atom is 0.335 e. The molecule has 2 rings (SSSR count). The molecule has 0 aliphatic carbocycles. The highest BCUT2D eigenvalue weighted by molar-refractivity contribution is 5.88. The summed E-state index contributed by atoms with van der Waals surface area (Å²) in [5.41, 5.74) is 0.851. The molecule has 0 aromatic heterocycles. The molecule has 0 fully saturated rings. The van der Waals surface area contributed by atoms with Crippen molar-refractivity contribution in [1.29, 1.82) is 0 Å². The van der Waals surface area contributed by atoms with Gasteiger partial charge in [-0.2, -0.15) is 5.12 Å². The molecular weight excluding hydrogens is 199 g/mol. The van der Waals surface area contributed by atoms with E-state index in [2.05, 4.69) is 0 Å². The van der Waals surface area contributed by atoms with Crippen LogP contribution in [-0.2, 0) is 0 Å². The lowest BCUT2D eigenvalue weighted by Gasteiger charge is -2.16. The second kappa shape index (κ2) is 3.61. The zero-order valence-electron chi connectivity index (χ0n) is 7.80. The van der Waals surface area contributed by atoms with Crippen molar-refractivity contribution >= 4 is 11.7 Å². The number of hydrogen-bond donors (Lipinski definition) is 1. The average molecular weight is 208 g/mol. The van der Waals surface area contributed by atoms with Gasteiger partial charge >= 0.3 is 5.97 Å². The summed E-state index contributed by atoms with van der Waals surface area (Å²) < 4.78 is 12.7. The molecule has 4 nitrogen and oxygen atoms in total. The van der Waals surface area contributed by atoms with Crippen molar-refractivity contribution in [3.8, 4) is 0 Å². The van der Waals surface area contributed by atoms with Gasteiger partial charge in [0.2, 0.25) is 0 Å². The van der Waals surface area contributed by atoms with Gasteiger partial charge in [-0.1, -0.05) is 10.5 Å². The molecule has 0 spiro atoms. The third kappa shape index (κ3) is 1.90. The van der Waals surface area contributed by atoms with Gasteiger partial charge in [-0.15, -0.1) is 0 Å². The smallest absolute Gasteiger partial charge is 0.335 e. The third-order valence-electron chi connectivity index (χ3n) is 2.12. The number of hydrogen-bond acceptors (Lipinski definition) is 3. The predicted octanol–water partition coefficient (Wildman–Crippen LogP) is 1.82. The first-order chi connectivity index (χ1) is 7.16. The Labute approximate surface area is 85.8 Å². The van der Waals surface area contributed by atoms with Crippen LogP contribution >= 0.6 is 0 Å². The van der Waals surface area contributed by atoms with E-state index in [9.17, 15) is 9.28 Å². The first-order valence-corrected chi connectivity index (χ1v) is 4.37. The number of aromatic carboxylic acids is 1. The van der Waals surface area contributed by atoms with Crippen LogP contribution in [0.2, 0.25) is 0 Å². The Balaban J connectivity index is 2.26. The van der Waals surface area contributed by atoms with Crippen LogP contribution in [0.15, 0.2) is 36.7 Å². The number of nitrogens with zero attached hydrogens (tertiary/aromatic N) is 2. The molecule has 0 bridgehead atoms. The fourth-order valence-electron chi connectivity index (χ4n) is 1.38. The van der Waals surface area contributed by atoms with E-state index in [4.69, 9.17) is 5.11 Å². The molecule has 0 atom stereocenters. The molecule has 1 N–H and O–H groups in total. The van der Waals surface area contributed by atoms with Crippen LogP contribution in [0.25, 0.3) is 0 Å². The summed E-state index contributed by atoms with van der Waals surface area (Å²) in [7, 11) is 0. The molecule has 1 aliphatic rings. The quantitative estimate of drug-likeness (QED) is 0.753. The predicted molar refractivity (Wildman–Crippen MR) is 52.8 cm³/mol. The van der Waals surface area contributed by atoms with Crippen molar-refractivity contribution in [3.05, 3.63) is 42.2 Å². The molecular formula is C10H9FN2O2. The highest BCUT2D eigenvalue weighted by Crippen LogP contribution is 2.20. The number of anilines is 1. The second-order valence-electron chi connectivity index (χ2n) is 3.16. The zero-order valence-corrected chi connectivity index (χ0v) is 7.80. The minimum absolute atomic E-state index is 0.0864. The Morgan fingerprint density at radius 3 is 2.80 bits per heavy atom. The van der Waals surface area contributed by atoms with Gasteiger partial charge in [-0.05, 0) is 18.2 Å². The lowest BCUT2D eigenvalue weighted by Crippen LogP contribution is -2.19. The highest BCUT2D eigenvalue weighted by Gasteiger charge is 2.14. The molecule has 1 aliphatic heterocycles. The topological polar surface area (TPSA) is 43.8 Å². The molecule has 0 saturated carbocycles. The van der Waals surface area contributed by atoms with Crippen LogP contribution in [0.1, 0.15) is 10.4 Å². The number of benzene rings is 1. The maximum atomic E-state index is 12.7. The second-order valence-corrected chi connectivity index (χ2v) is 3.16. The van der Waals surface area contributed by atoms with E-state index in [1.165, 1.54) is 18.3 Å². The molecule has 0 radical (unpaired) electrons. The van der Waals surface area contributed by atoms with Crippen molar-refractivity contribution in [2.45, 2.75) is 0 Å². The average Bonchev–Trinajstić information content (AvgIpc) is 2.65. The van der Waals surface area contributed by atoms with Crippen molar-refractivity contribution in [3.63, 3.8) is 0 Å². The van der Waals surface area contributed by atoms with E-state index in [1.807, 2.05) is 0 Å². The zero-order chi connectivity index (χ0) is 10.8. The Bertz CT molecular complexity index is 420. The lowest BCUT2D eigenvalue weighted by atomic mass is 10.2. The fourth-order valence-corrected chi connectivity index (χ4v) is 1.38. The Morgan fingerprint density at radius 2 is 2.20 bits per heavy atom. The summed E-state index contributed by atoms with van der Waals surface area (Å²) in [6, 6.07) is 6.37.